The number of nitrogens with two attached hydrogens (primary N) is 1. The Labute approximate surface area is 129 Å². The molecule has 1 aromatic rings. The lowest BCUT2D eigenvalue weighted by molar-refractivity contribution is -0.144. The van der Waals surface area contributed by atoms with Crippen LogP contribution in [-0.2, 0) is 20.9 Å². The SMILES string of the molecule is N[C@@H](CC(=O)O)C(=O)O.c1ccc(CO[C@@H]2CCNC2)cc1. The molecule has 2 rings (SSSR count). The fourth-order valence-electron chi connectivity index (χ4n) is 1.83. The largest absolute Gasteiger partial charge is 0.481 e. The fourth-order valence-corrected chi connectivity index (χ4v) is 1.83. The quantitative estimate of drug-likeness (QED) is 0.601. The molecule has 0 amide bonds. The molecule has 1 aromatic carbocycles. The van der Waals surface area contributed by atoms with E-state index in [4.69, 9.17) is 20.7 Å². The maximum atomic E-state index is 9.85. The van der Waals surface area contributed by atoms with Gasteiger partial charge in [0.05, 0.1) is 19.1 Å². The maximum Gasteiger partial charge on any atom is 0.321 e. The topological polar surface area (TPSA) is 122 Å². The second-order valence-corrected chi connectivity index (χ2v) is 4.95. The number of ether oxygens (including phenoxy) is 1. The number of benzene rings is 1. The Balaban J connectivity index is 0.000000239. The predicted molar refractivity (Wildman–Crippen MR) is 80.4 cm³/mol. The highest BCUT2D eigenvalue weighted by Gasteiger charge is 2.15. The smallest absolute Gasteiger partial charge is 0.321 e. The molecule has 7 nitrogen and oxygen atoms in total. The third-order valence-electron chi connectivity index (χ3n) is 3.06. The van der Waals surface area contributed by atoms with Gasteiger partial charge in [-0.2, -0.15) is 0 Å². The number of hydrogen-bond acceptors (Lipinski definition) is 5. The maximum absolute atomic E-state index is 9.85. The zero-order valence-electron chi connectivity index (χ0n) is 12.3. The second kappa shape index (κ2) is 9.88. The van der Waals surface area contributed by atoms with Gasteiger partial charge in [-0.15, -0.1) is 0 Å². The summed E-state index contributed by atoms with van der Waals surface area (Å²) in [7, 11) is 0. The first-order chi connectivity index (χ1) is 10.5. The first-order valence-electron chi connectivity index (χ1n) is 7.05. The molecule has 0 aromatic heterocycles. The van der Waals surface area contributed by atoms with Crippen molar-refractivity contribution < 1.29 is 24.5 Å². The van der Waals surface area contributed by atoms with Crippen molar-refractivity contribution in [3.8, 4) is 0 Å². The highest BCUT2D eigenvalue weighted by Crippen LogP contribution is 2.07. The molecule has 1 saturated heterocycles. The average molecular weight is 310 g/mol. The van der Waals surface area contributed by atoms with Crippen molar-refractivity contribution in [3.05, 3.63) is 35.9 Å². The van der Waals surface area contributed by atoms with Gasteiger partial charge >= 0.3 is 11.9 Å². The molecule has 1 aliphatic rings. The molecule has 122 valence electrons. The molecule has 1 fully saturated rings. The summed E-state index contributed by atoms with van der Waals surface area (Å²) < 4.78 is 5.73. The van der Waals surface area contributed by atoms with Crippen molar-refractivity contribution in [1.82, 2.24) is 5.32 Å². The molecule has 0 unspecified atom stereocenters. The molecule has 0 radical (unpaired) electrons. The number of aliphatic carboxylic acids is 2. The highest BCUT2D eigenvalue weighted by molar-refractivity contribution is 5.80. The minimum atomic E-state index is -1.29. The number of hydrogen-bond donors (Lipinski definition) is 4. The average Bonchev–Trinajstić information content (AvgIpc) is 2.99. The van der Waals surface area contributed by atoms with E-state index in [2.05, 4.69) is 17.4 Å². The zero-order valence-corrected chi connectivity index (χ0v) is 12.3. The molecule has 5 N–H and O–H groups in total. The standard InChI is InChI=1S/C11H15NO.C4H7NO4/c1-2-4-10(5-3-1)9-13-11-6-7-12-8-11;5-2(4(8)9)1-3(6)7/h1-5,11-12H,6-9H2;2H,1,5H2,(H,6,7)(H,8,9)/t11-;2-/m10/s1. The van der Waals surface area contributed by atoms with Gasteiger partial charge in [0.15, 0.2) is 0 Å². The molecule has 0 spiro atoms. The fraction of sp³-hybridized carbons (Fsp3) is 0.467. The van der Waals surface area contributed by atoms with Gasteiger partial charge in [0.1, 0.15) is 6.04 Å². The van der Waals surface area contributed by atoms with Crippen LogP contribution in [0, 0.1) is 0 Å². The van der Waals surface area contributed by atoms with E-state index in [1.807, 2.05) is 18.2 Å². The van der Waals surface area contributed by atoms with Crippen molar-refractivity contribution in [2.24, 2.45) is 5.73 Å². The van der Waals surface area contributed by atoms with E-state index >= 15 is 0 Å². The number of carboxylic acid groups (broad SMARTS) is 2. The Bertz CT molecular complexity index is 460. The van der Waals surface area contributed by atoms with Crippen molar-refractivity contribution in [3.63, 3.8) is 0 Å². The highest BCUT2D eigenvalue weighted by atomic mass is 16.5. The van der Waals surface area contributed by atoms with Gasteiger partial charge in [-0.05, 0) is 18.5 Å². The summed E-state index contributed by atoms with van der Waals surface area (Å²) in [4.78, 5) is 19.6. The number of rotatable bonds is 6. The van der Waals surface area contributed by atoms with Crippen LogP contribution in [0.25, 0.3) is 0 Å². The van der Waals surface area contributed by atoms with Crippen LogP contribution in [0.4, 0.5) is 0 Å². The molecule has 0 aliphatic carbocycles. The van der Waals surface area contributed by atoms with E-state index in [1.165, 1.54) is 5.56 Å². The van der Waals surface area contributed by atoms with Crippen LogP contribution in [0.1, 0.15) is 18.4 Å². The Morgan fingerprint density at radius 3 is 2.45 bits per heavy atom. The molecule has 2 atom stereocenters. The van der Waals surface area contributed by atoms with E-state index in [9.17, 15) is 9.59 Å². The number of nitrogens with one attached hydrogen (secondary N) is 1. The van der Waals surface area contributed by atoms with Crippen molar-refractivity contribution in [2.75, 3.05) is 13.1 Å². The second-order valence-electron chi connectivity index (χ2n) is 4.95. The van der Waals surface area contributed by atoms with Gasteiger partial charge in [-0.3, -0.25) is 9.59 Å². The summed E-state index contributed by atoms with van der Waals surface area (Å²) >= 11 is 0. The van der Waals surface area contributed by atoms with Crippen LogP contribution < -0.4 is 11.1 Å². The van der Waals surface area contributed by atoms with E-state index in [-0.39, 0.29) is 0 Å². The van der Waals surface area contributed by atoms with Crippen molar-refractivity contribution >= 4 is 11.9 Å². The normalized spacial score (nSPS) is 18.1. The van der Waals surface area contributed by atoms with Gasteiger partial charge in [0.25, 0.3) is 0 Å². The van der Waals surface area contributed by atoms with Crippen molar-refractivity contribution in [2.45, 2.75) is 31.6 Å². The van der Waals surface area contributed by atoms with Gasteiger partial charge in [0.2, 0.25) is 0 Å². The summed E-state index contributed by atoms with van der Waals surface area (Å²) in [5.41, 5.74) is 6.10. The summed E-state index contributed by atoms with van der Waals surface area (Å²) in [6.07, 6.45) is 1.03. The molecule has 1 aliphatic heterocycles. The van der Waals surface area contributed by atoms with E-state index in [0.29, 0.717) is 6.10 Å². The third-order valence-corrected chi connectivity index (χ3v) is 3.06. The van der Waals surface area contributed by atoms with Crippen LogP contribution in [-0.4, -0.2) is 47.4 Å². The Kier molecular flexibility index (Phi) is 8.13. The lowest BCUT2D eigenvalue weighted by Gasteiger charge is -2.09. The molecule has 0 saturated carbocycles. The lowest BCUT2D eigenvalue weighted by Crippen LogP contribution is -2.32. The molecular weight excluding hydrogens is 288 g/mol. The Morgan fingerprint density at radius 2 is 2.00 bits per heavy atom. The summed E-state index contributed by atoms with van der Waals surface area (Å²) in [5.74, 6) is -2.50. The molecular formula is C15H22N2O5. The number of carbonyl (C=O) groups is 2. The monoisotopic (exact) mass is 310 g/mol. The summed E-state index contributed by atoms with van der Waals surface area (Å²) in [5, 5.41) is 19.3. The zero-order chi connectivity index (χ0) is 16.4. The van der Waals surface area contributed by atoms with E-state index in [1.54, 1.807) is 0 Å². The van der Waals surface area contributed by atoms with Crippen LogP contribution in [0.2, 0.25) is 0 Å². The van der Waals surface area contributed by atoms with Gasteiger partial charge < -0.3 is 26.0 Å². The minimum absolute atomic E-state index is 0.417. The number of carboxylic acids is 2. The van der Waals surface area contributed by atoms with Crippen LogP contribution in [0.15, 0.2) is 30.3 Å². The first kappa shape index (κ1) is 18.1. The minimum Gasteiger partial charge on any atom is -0.481 e. The van der Waals surface area contributed by atoms with Crippen LogP contribution in [0.5, 0.6) is 0 Å². The summed E-state index contributed by atoms with van der Waals surface area (Å²) in [6, 6.07) is 9.03. The van der Waals surface area contributed by atoms with E-state index in [0.717, 1.165) is 26.1 Å². The molecule has 0 bridgehead atoms. The Morgan fingerprint density at radius 1 is 1.32 bits per heavy atom. The van der Waals surface area contributed by atoms with Crippen LogP contribution >= 0.6 is 0 Å². The molecule has 22 heavy (non-hydrogen) atoms. The lowest BCUT2D eigenvalue weighted by atomic mass is 10.2. The summed E-state index contributed by atoms with van der Waals surface area (Å²) in [6.45, 7) is 2.85. The predicted octanol–water partition coefficient (Wildman–Crippen LogP) is 0.438. The van der Waals surface area contributed by atoms with Gasteiger partial charge in [-0.1, -0.05) is 30.3 Å². The van der Waals surface area contributed by atoms with E-state index < -0.39 is 24.4 Å². The molecule has 1 heterocycles. The molecule has 7 heteroatoms. The third kappa shape index (κ3) is 7.72. The van der Waals surface area contributed by atoms with Gasteiger partial charge in [0, 0.05) is 6.54 Å². The first-order valence-corrected chi connectivity index (χ1v) is 7.05. The van der Waals surface area contributed by atoms with Gasteiger partial charge in [-0.25, -0.2) is 0 Å². The van der Waals surface area contributed by atoms with Crippen LogP contribution in [0.3, 0.4) is 0 Å². The Hall–Kier alpha value is -1.96. The van der Waals surface area contributed by atoms with Crippen molar-refractivity contribution in [1.29, 1.82) is 0 Å².